The van der Waals surface area contributed by atoms with E-state index in [4.69, 9.17) is 5.11 Å². The first-order valence-corrected chi connectivity index (χ1v) is 5.66. The molecular formula is C9H7BrF3N3O4. The molecule has 1 unspecified atom stereocenters. The highest BCUT2D eigenvalue weighted by atomic mass is 79.9. The van der Waals surface area contributed by atoms with E-state index in [1.807, 2.05) is 0 Å². The van der Waals surface area contributed by atoms with Gasteiger partial charge >= 0.3 is 17.8 Å². The summed E-state index contributed by atoms with van der Waals surface area (Å²) in [4.78, 5) is 24.1. The number of carbonyl (C=O) groups is 1. The molecule has 0 bridgehead atoms. The van der Waals surface area contributed by atoms with Crippen LogP contribution in [0.3, 0.4) is 0 Å². The SMILES string of the molecule is CC(Nc1c(Br)cncc1[N+](=O)[O-])(C(=O)O)C(F)(F)F. The number of aliphatic carboxylic acids is 1. The van der Waals surface area contributed by atoms with E-state index >= 15 is 0 Å². The first kappa shape index (κ1) is 16.1. The minimum atomic E-state index is -5.17. The van der Waals surface area contributed by atoms with Crippen LogP contribution in [0.2, 0.25) is 0 Å². The zero-order valence-electron chi connectivity index (χ0n) is 9.73. The van der Waals surface area contributed by atoms with E-state index < -0.39 is 34.0 Å². The Morgan fingerprint density at radius 1 is 1.50 bits per heavy atom. The van der Waals surface area contributed by atoms with Gasteiger partial charge in [-0.2, -0.15) is 13.2 Å². The van der Waals surface area contributed by atoms with Crippen LogP contribution < -0.4 is 5.32 Å². The third-order valence-corrected chi connectivity index (χ3v) is 3.05. The Bertz CT molecular complexity index is 566. The second kappa shape index (κ2) is 5.23. The summed E-state index contributed by atoms with van der Waals surface area (Å²) in [7, 11) is 0. The lowest BCUT2D eigenvalue weighted by Crippen LogP contribution is -2.55. The summed E-state index contributed by atoms with van der Waals surface area (Å²) in [5, 5.41) is 21.2. The van der Waals surface area contributed by atoms with Crippen LogP contribution in [0.1, 0.15) is 6.92 Å². The Morgan fingerprint density at radius 3 is 2.45 bits per heavy atom. The molecule has 0 radical (unpaired) electrons. The Kier molecular flexibility index (Phi) is 4.22. The van der Waals surface area contributed by atoms with Gasteiger partial charge in [-0.15, -0.1) is 0 Å². The number of hydrogen-bond acceptors (Lipinski definition) is 5. The van der Waals surface area contributed by atoms with Crippen molar-refractivity contribution in [1.82, 2.24) is 4.98 Å². The minimum absolute atomic E-state index is 0.163. The summed E-state index contributed by atoms with van der Waals surface area (Å²) in [6.45, 7) is 0.367. The molecule has 0 saturated heterocycles. The fourth-order valence-electron chi connectivity index (χ4n) is 1.18. The molecular weight excluding hydrogens is 351 g/mol. The lowest BCUT2D eigenvalue weighted by molar-refractivity contribution is -0.384. The van der Waals surface area contributed by atoms with Crippen molar-refractivity contribution >= 4 is 33.3 Å². The maximum atomic E-state index is 12.9. The summed E-state index contributed by atoms with van der Waals surface area (Å²) < 4.78 is 38.4. The molecule has 0 aliphatic carbocycles. The lowest BCUT2D eigenvalue weighted by Gasteiger charge is -2.29. The van der Waals surface area contributed by atoms with Crippen molar-refractivity contribution in [3.63, 3.8) is 0 Å². The molecule has 1 aromatic rings. The van der Waals surface area contributed by atoms with Gasteiger partial charge in [0, 0.05) is 6.20 Å². The number of aromatic nitrogens is 1. The van der Waals surface area contributed by atoms with Gasteiger partial charge in [0.1, 0.15) is 11.9 Å². The highest BCUT2D eigenvalue weighted by molar-refractivity contribution is 9.10. The highest BCUT2D eigenvalue weighted by Gasteiger charge is 2.58. The van der Waals surface area contributed by atoms with Gasteiger partial charge in [0.15, 0.2) is 0 Å². The van der Waals surface area contributed by atoms with Crippen molar-refractivity contribution in [1.29, 1.82) is 0 Å². The van der Waals surface area contributed by atoms with E-state index in [9.17, 15) is 28.1 Å². The third kappa shape index (κ3) is 2.81. The molecule has 2 N–H and O–H groups in total. The van der Waals surface area contributed by atoms with E-state index in [0.717, 1.165) is 6.20 Å². The van der Waals surface area contributed by atoms with Crippen LogP contribution in [0, 0.1) is 10.1 Å². The molecule has 20 heavy (non-hydrogen) atoms. The van der Waals surface area contributed by atoms with Crippen LogP contribution in [-0.2, 0) is 4.79 Å². The molecule has 0 fully saturated rings. The second-order valence-corrected chi connectivity index (χ2v) is 4.68. The van der Waals surface area contributed by atoms with Crippen LogP contribution in [-0.4, -0.2) is 32.7 Å². The molecule has 11 heteroatoms. The van der Waals surface area contributed by atoms with Gasteiger partial charge < -0.3 is 10.4 Å². The van der Waals surface area contributed by atoms with Gasteiger partial charge in [0.25, 0.3) is 0 Å². The third-order valence-electron chi connectivity index (χ3n) is 2.45. The Balaban J connectivity index is 3.40. The molecule has 1 atom stereocenters. The molecule has 1 heterocycles. The summed E-state index contributed by atoms with van der Waals surface area (Å²) in [6, 6.07) is 0. The number of halogens is 4. The fourth-order valence-corrected chi connectivity index (χ4v) is 1.60. The summed E-state index contributed by atoms with van der Waals surface area (Å²) in [6.07, 6.45) is -3.45. The maximum Gasteiger partial charge on any atom is 0.422 e. The van der Waals surface area contributed by atoms with Gasteiger partial charge in [-0.25, -0.2) is 4.79 Å². The van der Waals surface area contributed by atoms with Crippen molar-refractivity contribution in [3.05, 3.63) is 27.0 Å². The van der Waals surface area contributed by atoms with E-state index in [1.165, 1.54) is 0 Å². The van der Waals surface area contributed by atoms with Gasteiger partial charge in [0.05, 0.1) is 9.40 Å². The number of rotatable bonds is 4. The number of nitro groups is 1. The largest absolute Gasteiger partial charge is 0.479 e. The number of nitrogens with one attached hydrogen (secondary N) is 1. The zero-order valence-corrected chi connectivity index (χ0v) is 11.3. The Labute approximate surface area is 118 Å². The molecule has 0 spiro atoms. The zero-order chi connectivity index (χ0) is 15.7. The average Bonchev–Trinajstić information content (AvgIpc) is 2.29. The van der Waals surface area contributed by atoms with E-state index in [2.05, 4.69) is 20.9 Å². The van der Waals surface area contributed by atoms with Crippen LogP contribution >= 0.6 is 15.9 Å². The van der Waals surface area contributed by atoms with E-state index in [0.29, 0.717) is 13.1 Å². The highest BCUT2D eigenvalue weighted by Crippen LogP contribution is 2.39. The number of carboxylic acids is 1. The van der Waals surface area contributed by atoms with Gasteiger partial charge in [-0.3, -0.25) is 15.1 Å². The average molecular weight is 358 g/mol. The van der Waals surface area contributed by atoms with Crippen LogP contribution in [0.5, 0.6) is 0 Å². The monoisotopic (exact) mass is 357 g/mol. The molecule has 0 aromatic carbocycles. The first-order valence-electron chi connectivity index (χ1n) is 4.87. The molecule has 0 amide bonds. The summed E-state index contributed by atoms with van der Waals surface area (Å²) in [5.74, 6) is -2.22. The Morgan fingerprint density at radius 2 is 2.05 bits per heavy atom. The van der Waals surface area contributed by atoms with Crippen LogP contribution in [0.15, 0.2) is 16.9 Å². The minimum Gasteiger partial charge on any atom is -0.479 e. The van der Waals surface area contributed by atoms with Crippen molar-refractivity contribution in [2.24, 2.45) is 0 Å². The lowest BCUT2D eigenvalue weighted by atomic mass is 10.0. The van der Waals surface area contributed by atoms with Crippen LogP contribution in [0.25, 0.3) is 0 Å². The first-order chi connectivity index (χ1) is 9.00. The molecule has 0 aliphatic rings. The predicted molar refractivity (Wildman–Crippen MR) is 64.3 cm³/mol. The molecule has 0 saturated carbocycles. The smallest absolute Gasteiger partial charge is 0.422 e. The fraction of sp³-hybridized carbons (Fsp3) is 0.333. The van der Waals surface area contributed by atoms with Crippen LogP contribution in [0.4, 0.5) is 24.5 Å². The predicted octanol–water partition coefficient (Wildman–Crippen LogP) is 2.57. The summed E-state index contributed by atoms with van der Waals surface area (Å²) in [5.41, 5.74) is -4.79. The van der Waals surface area contributed by atoms with Crippen molar-refractivity contribution in [2.45, 2.75) is 18.6 Å². The number of carboxylic acid groups (broad SMARTS) is 1. The standard InChI is InChI=1S/C9H7BrF3N3O4/c1-8(7(17)18,9(11,12)13)15-6-4(10)2-14-3-5(6)16(19)20/h2-3H,1H3,(H,14,15)(H,17,18). The Hall–Kier alpha value is -1.91. The second-order valence-electron chi connectivity index (χ2n) is 3.83. The molecule has 1 aromatic heterocycles. The van der Waals surface area contributed by atoms with Gasteiger partial charge in [-0.05, 0) is 22.9 Å². The topological polar surface area (TPSA) is 105 Å². The maximum absolute atomic E-state index is 12.9. The number of pyridine rings is 1. The van der Waals surface area contributed by atoms with E-state index in [1.54, 1.807) is 5.32 Å². The number of alkyl halides is 3. The number of hydrogen-bond donors (Lipinski definition) is 2. The molecule has 7 nitrogen and oxygen atoms in total. The van der Waals surface area contributed by atoms with Gasteiger partial charge in [-0.1, -0.05) is 0 Å². The summed E-state index contributed by atoms with van der Waals surface area (Å²) >= 11 is 2.79. The van der Waals surface area contributed by atoms with Crippen molar-refractivity contribution < 1.29 is 28.0 Å². The normalized spacial score (nSPS) is 14.4. The quantitative estimate of drug-likeness (QED) is 0.633. The number of anilines is 1. The number of nitrogens with zero attached hydrogens (tertiary/aromatic N) is 2. The van der Waals surface area contributed by atoms with Crippen molar-refractivity contribution in [3.8, 4) is 0 Å². The molecule has 0 aliphatic heterocycles. The molecule has 110 valence electrons. The van der Waals surface area contributed by atoms with E-state index in [-0.39, 0.29) is 4.47 Å². The molecule has 1 rings (SSSR count). The van der Waals surface area contributed by atoms with Gasteiger partial charge in [0.2, 0.25) is 5.54 Å². The van der Waals surface area contributed by atoms with Crippen molar-refractivity contribution in [2.75, 3.05) is 5.32 Å².